The number of carbonyl (C=O) groups is 1. The highest BCUT2D eigenvalue weighted by molar-refractivity contribution is 7.15. The number of hydrogen-bond donors (Lipinski definition) is 1. The van der Waals surface area contributed by atoms with Crippen LogP contribution in [0.2, 0.25) is 0 Å². The Morgan fingerprint density at radius 2 is 2.28 bits per heavy atom. The summed E-state index contributed by atoms with van der Waals surface area (Å²) >= 11 is 1.43. The first kappa shape index (κ1) is 12.5. The van der Waals surface area contributed by atoms with Crippen LogP contribution >= 0.6 is 11.3 Å². The molecule has 0 aromatic carbocycles. The van der Waals surface area contributed by atoms with Crippen LogP contribution in [0.3, 0.4) is 0 Å². The number of ether oxygens (including phenoxy) is 1. The van der Waals surface area contributed by atoms with E-state index >= 15 is 0 Å². The molecule has 6 heteroatoms. The lowest BCUT2D eigenvalue weighted by Crippen LogP contribution is -2.23. The standard InChI is InChI=1S/C12H12N2O3S/c1-7(12(15)16)17-10-8(2)18-11(14-10)9-5-3-4-6-13-9/h3-7H,1-2H3,(H,15,16). The fraction of sp³-hybridized carbons (Fsp3) is 0.250. The van der Waals surface area contributed by atoms with Gasteiger partial charge in [-0.1, -0.05) is 6.07 Å². The zero-order chi connectivity index (χ0) is 13.1. The minimum absolute atomic E-state index is 0.357. The number of nitrogens with zero attached hydrogens (tertiary/aromatic N) is 2. The molecule has 2 rings (SSSR count). The Kier molecular flexibility index (Phi) is 3.57. The first-order valence-corrected chi connectivity index (χ1v) is 6.18. The summed E-state index contributed by atoms with van der Waals surface area (Å²) < 4.78 is 5.28. The van der Waals surface area contributed by atoms with Crippen molar-refractivity contribution in [1.29, 1.82) is 0 Å². The zero-order valence-electron chi connectivity index (χ0n) is 9.95. The van der Waals surface area contributed by atoms with E-state index in [1.54, 1.807) is 6.20 Å². The van der Waals surface area contributed by atoms with E-state index in [2.05, 4.69) is 9.97 Å². The number of carboxylic acids is 1. The van der Waals surface area contributed by atoms with Crippen LogP contribution in [0, 0.1) is 6.92 Å². The van der Waals surface area contributed by atoms with Gasteiger partial charge in [-0.2, -0.15) is 4.98 Å². The van der Waals surface area contributed by atoms with Crippen molar-refractivity contribution in [3.8, 4) is 16.6 Å². The predicted molar refractivity (Wildman–Crippen MR) is 67.8 cm³/mol. The second-order valence-corrected chi connectivity index (χ2v) is 4.90. The molecule has 0 radical (unpaired) electrons. The third kappa shape index (κ3) is 2.65. The zero-order valence-corrected chi connectivity index (χ0v) is 10.8. The maximum atomic E-state index is 10.7. The summed E-state index contributed by atoms with van der Waals surface area (Å²) in [7, 11) is 0. The molecule has 2 aromatic rings. The quantitative estimate of drug-likeness (QED) is 0.917. The lowest BCUT2D eigenvalue weighted by molar-refractivity contribution is -0.144. The predicted octanol–water partition coefficient (Wildman–Crippen LogP) is 2.37. The normalized spacial score (nSPS) is 12.1. The number of aromatic nitrogens is 2. The maximum Gasteiger partial charge on any atom is 0.344 e. The molecule has 0 aliphatic heterocycles. The molecule has 2 heterocycles. The smallest absolute Gasteiger partial charge is 0.344 e. The van der Waals surface area contributed by atoms with Crippen molar-refractivity contribution in [1.82, 2.24) is 9.97 Å². The molecule has 0 saturated heterocycles. The van der Waals surface area contributed by atoms with Crippen molar-refractivity contribution in [3.63, 3.8) is 0 Å². The van der Waals surface area contributed by atoms with E-state index in [9.17, 15) is 4.79 Å². The van der Waals surface area contributed by atoms with Gasteiger partial charge in [-0.25, -0.2) is 4.79 Å². The van der Waals surface area contributed by atoms with Gasteiger partial charge in [0.15, 0.2) is 6.10 Å². The second-order valence-electron chi connectivity index (χ2n) is 3.69. The second kappa shape index (κ2) is 5.14. The molecule has 1 atom stereocenters. The molecule has 0 fully saturated rings. The molecule has 0 aliphatic rings. The summed E-state index contributed by atoms with van der Waals surface area (Å²) in [6.45, 7) is 3.32. The number of aliphatic carboxylic acids is 1. The average molecular weight is 264 g/mol. The van der Waals surface area contributed by atoms with Crippen LogP contribution in [0.1, 0.15) is 11.8 Å². The van der Waals surface area contributed by atoms with Gasteiger partial charge in [0, 0.05) is 6.20 Å². The topological polar surface area (TPSA) is 72.3 Å². The largest absolute Gasteiger partial charge is 0.479 e. The summed E-state index contributed by atoms with van der Waals surface area (Å²) in [5, 5.41) is 9.52. The molecular weight excluding hydrogens is 252 g/mol. The number of carboxylic acid groups (broad SMARTS) is 1. The van der Waals surface area contributed by atoms with Crippen LogP contribution in [-0.2, 0) is 4.79 Å². The average Bonchev–Trinajstić information content (AvgIpc) is 2.72. The van der Waals surface area contributed by atoms with Gasteiger partial charge in [0.05, 0.1) is 10.6 Å². The highest BCUT2D eigenvalue weighted by Gasteiger charge is 2.17. The van der Waals surface area contributed by atoms with Crippen LogP contribution in [0.5, 0.6) is 5.88 Å². The number of thiazole rings is 1. The molecule has 0 bridgehead atoms. The van der Waals surface area contributed by atoms with Gasteiger partial charge < -0.3 is 9.84 Å². The summed E-state index contributed by atoms with van der Waals surface area (Å²) in [5.41, 5.74) is 0.753. The molecule has 0 amide bonds. The Morgan fingerprint density at radius 3 is 2.89 bits per heavy atom. The van der Waals surface area contributed by atoms with Crippen molar-refractivity contribution in [2.45, 2.75) is 20.0 Å². The molecule has 18 heavy (non-hydrogen) atoms. The molecule has 0 saturated carbocycles. The monoisotopic (exact) mass is 264 g/mol. The van der Waals surface area contributed by atoms with Crippen molar-refractivity contribution >= 4 is 17.3 Å². The fourth-order valence-electron chi connectivity index (χ4n) is 1.31. The number of pyridine rings is 1. The molecule has 5 nitrogen and oxygen atoms in total. The molecule has 0 aliphatic carbocycles. The highest BCUT2D eigenvalue weighted by Crippen LogP contribution is 2.31. The minimum Gasteiger partial charge on any atom is -0.479 e. The third-order valence-electron chi connectivity index (χ3n) is 2.27. The third-order valence-corrected chi connectivity index (χ3v) is 3.25. The fourth-order valence-corrected chi connectivity index (χ4v) is 2.13. The van der Waals surface area contributed by atoms with E-state index in [0.717, 1.165) is 15.6 Å². The van der Waals surface area contributed by atoms with Crippen molar-refractivity contribution in [2.75, 3.05) is 0 Å². The van der Waals surface area contributed by atoms with Gasteiger partial charge in [-0.05, 0) is 26.0 Å². The van der Waals surface area contributed by atoms with Gasteiger partial charge in [-0.3, -0.25) is 4.98 Å². The Morgan fingerprint density at radius 1 is 1.50 bits per heavy atom. The Bertz CT molecular complexity index is 554. The summed E-state index contributed by atoms with van der Waals surface area (Å²) in [5.74, 6) is -0.655. The lowest BCUT2D eigenvalue weighted by Gasteiger charge is -2.07. The number of aryl methyl sites for hydroxylation is 1. The van der Waals surface area contributed by atoms with Gasteiger partial charge in [0.1, 0.15) is 5.01 Å². The van der Waals surface area contributed by atoms with E-state index in [1.807, 2.05) is 25.1 Å². The first-order chi connectivity index (χ1) is 8.58. The molecule has 94 valence electrons. The Hall–Kier alpha value is -1.95. The Labute approximate surface area is 108 Å². The Balaban J connectivity index is 2.25. The number of hydrogen-bond acceptors (Lipinski definition) is 5. The summed E-state index contributed by atoms with van der Waals surface area (Å²) in [6.07, 6.45) is 0.773. The molecule has 0 spiro atoms. The van der Waals surface area contributed by atoms with Gasteiger partial charge in [-0.15, -0.1) is 11.3 Å². The van der Waals surface area contributed by atoms with Crippen LogP contribution in [0.15, 0.2) is 24.4 Å². The molecule has 2 aromatic heterocycles. The van der Waals surface area contributed by atoms with Crippen molar-refractivity contribution in [2.24, 2.45) is 0 Å². The maximum absolute atomic E-state index is 10.7. The summed E-state index contributed by atoms with van der Waals surface area (Å²) in [6, 6.07) is 5.55. The summed E-state index contributed by atoms with van der Waals surface area (Å²) in [4.78, 5) is 20.0. The first-order valence-electron chi connectivity index (χ1n) is 5.36. The molecular formula is C12H12N2O3S. The minimum atomic E-state index is -1.01. The van der Waals surface area contributed by atoms with Crippen molar-refractivity contribution in [3.05, 3.63) is 29.3 Å². The van der Waals surface area contributed by atoms with Crippen LogP contribution in [0.25, 0.3) is 10.7 Å². The van der Waals surface area contributed by atoms with E-state index in [-0.39, 0.29) is 0 Å². The van der Waals surface area contributed by atoms with E-state index in [0.29, 0.717) is 5.88 Å². The molecule has 1 unspecified atom stereocenters. The highest BCUT2D eigenvalue weighted by atomic mass is 32.1. The number of rotatable bonds is 4. The van der Waals surface area contributed by atoms with E-state index < -0.39 is 12.1 Å². The van der Waals surface area contributed by atoms with E-state index in [1.165, 1.54) is 18.3 Å². The van der Waals surface area contributed by atoms with Crippen LogP contribution in [0.4, 0.5) is 0 Å². The molecule has 1 N–H and O–H groups in total. The van der Waals surface area contributed by atoms with Gasteiger partial charge in [0.25, 0.3) is 0 Å². The van der Waals surface area contributed by atoms with Gasteiger partial charge in [0.2, 0.25) is 5.88 Å². The SMILES string of the molecule is Cc1sc(-c2ccccn2)nc1OC(C)C(=O)O. The van der Waals surface area contributed by atoms with Crippen LogP contribution < -0.4 is 4.74 Å². The lowest BCUT2D eigenvalue weighted by atomic mass is 10.4. The van der Waals surface area contributed by atoms with E-state index in [4.69, 9.17) is 9.84 Å². The van der Waals surface area contributed by atoms with Gasteiger partial charge >= 0.3 is 5.97 Å². The van der Waals surface area contributed by atoms with Crippen LogP contribution in [-0.4, -0.2) is 27.1 Å². The van der Waals surface area contributed by atoms with Crippen molar-refractivity contribution < 1.29 is 14.6 Å².